The molecule has 4 heteroatoms. The minimum absolute atomic E-state index is 0.973. The summed E-state index contributed by atoms with van der Waals surface area (Å²) in [5.74, 6) is 1.06. The summed E-state index contributed by atoms with van der Waals surface area (Å²) in [5.41, 5.74) is 0. The first-order chi connectivity index (χ1) is 7.95. The molecule has 0 saturated heterocycles. The van der Waals surface area contributed by atoms with Crippen molar-refractivity contribution in [2.75, 3.05) is 12.3 Å². The van der Waals surface area contributed by atoms with Crippen LogP contribution in [0.25, 0.3) is 0 Å². The molecule has 2 nitrogen and oxygen atoms in total. The lowest BCUT2D eigenvalue weighted by molar-refractivity contribution is 0.740. The largest absolute Gasteiger partial charge is 0.311 e. The van der Waals surface area contributed by atoms with Crippen molar-refractivity contribution >= 4 is 23.1 Å². The van der Waals surface area contributed by atoms with Crippen molar-refractivity contribution in [2.45, 2.75) is 11.6 Å². The zero-order valence-electron chi connectivity index (χ0n) is 8.93. The summed E-state index contributed by atoms with van der Waals surface area (Å²) in [4.78, 5) is 5.66. The van der Waals surface area contributed by atoms with Gasteiger partial charge >= 0.3 is 0 Å². The average Bonchev–Trinajstić information content (AvgIpc) is 2.83. The van der Waals surface area contributed by atoms with Crippen LogP contribution < -0.4 is 5.32 Å². The van der Waals surface area contributed by atoms with E-state index in [9.17, 15) is 0 Å². The fourth-order valence-corrected chi connectivity index (χ4v) is 2.73. The van der Waals surface area contributed by atoms with Crippen molar-refractivity contribution in [3.8, 4) is 0 Å². The van der Waals surface area contributed by atoms with Crippen LogP contribution in [-0.4, -0.2) is 17.3 Å². The van der Waals surface area contributed by atoms with Gasteiger partial charge in [0.05, 0.1) is 5.03 Å². The summed E-state index contributed by atoms with van der Waals surface area (Å²) in [6.07, 6.45) is 1.83. The minimum atomic E-state index is 0.973. The monoisotopic (exact) mass is 250 g/mol. The molecule has 0 aliphatic rings. The number of nitrogens with one attached hydrogen (secondary N) is 1. The third kappa shape index (κ3) is 3.96. The van der Waals surface area contributed by atoms with Crippen LogP contribution in [0.3, 0.4) is 0 Å². The van der Waals surface area contributed by atoms with Crippen molar-refractivity contribution in [2.24, 2.45) is 0 Å². The van der Waals surface area contributed by atoms with Crippen molar-refractivity contribution in [3.63, 3.8) is 0 Å². The van der Waals surface area contributed by atoms with Crippen LogP contribution in [0, 0.1) is 0 Å². The van der Waals surface area contributed by atoms with Crippen molar-refractivity contribution < 1.29 is 0 Å². The summed E-state index contributed by atoms with van der Waals surface area (Å²) < 4.78 is 0. The maximum absolute atomic E-state index is 4.26. The quantitative estimate of drug-likeness (QED) is 0.630. The van der Waals surface area contributed by atoms with Gasteiger partial charge in [-0.3, -0.25) is 0 Å². The molecule has 0 fully saturated rings. The zero-order valence-corrected chi connectivity index (χ0v) is 10.6. The summed E-state index contributed by atoms with van der Waals surface area (Å²) >= 11 is 3.58. The number of hydrogen-bond acceptors (Lipinski definition) is 4. The molecule has 0 aromatic carbocycles. The molecule has 2 aromatic rings. The Morgan fingerprint density at radius 3 is 3.00 bits per heavy atom. The molecule has 0 unspecified atom stereocenters. The van der Waals surface area contributed by atoms with E-state index < -0.39 is 0 Å². The first-order valence-corrected chi connectivity index (χ1v) is 7.08. The summed E-state index contributed by atoms with van der Waals surface area (Å²) in [6.45, 7) is 1.99. The van der Waals surface area contributed by atoms with Crippen LogP contribution in [0.2, 0.25) is 0 Å². The molecule has 1 N–H and O–H groups in total. The topological polar surface area (TPSA) is 24.9 Å². The maximum atomic E-state index is 4.26. The molecule has 84 valence electrons. The highest BCUT2D eigenvalue weighted by Gasteiger charge is 1.95. The van der Waals surface area contributed by atoms with Gasteiger partial charge in [-0.25, -0.2) is 4.98 Å². The molecule has 0 bridgehead atoms. The number of thiophene rings is 1. The molecule has 0 radical (unpaired) electrons. The molecule has 0 aliphatic heterocycles. The highest BCUT2D eigenvalue weighted by atomic mass is 32.2. The maximum Gasteiger partial charge on any atom is 0.0960 e. The van der Waals surface area contributed by atoms with Gasteiger partial charge in [-0.1, -0.05) is 12.1 Å². The molecular weight excluding hydrogens is 236 g/mol. The highest BCUT2D eigenvalue weighted by molar-refractivity contribution is 7.99. The van der Waals surface area contributed by atoms with E-state index in [0.29, 0.717) is 0 Å². The highest BCUT2D eigenvalue weighted by Crippen LogP contribution is 2.13. The molecule has 2 rings (SSSR count). The second kappa shape index (κ2) is 6.68. The second-order valence-electron chi connectivity index (χ2n) is 3.27. The summed E-state index contributed by atoms with van der Waals surface area (Å²) in [7, 11) is 0. The van der Waals surface area contributed by atoms with Crippen molar-refractivity contribution in [1.29, 1.82) is 0 Å². The van der Waals surface area contributed by atoms with Crippen LogP contribution in [0.1, 0.15) is 4.88 Å². The Bertz CT molecular complexity index is 387. The van der Waals surface area contributed by atoms with Crippen molar-refractivity contribution in [3.05, 3.63) is 46.8 Å². The van der Waals surface area contributed by atoms with Gasteiger partial charge in [0.25, 0.3) is 0 Å². The number of thioether (sulfide) groups is 1. The lowest BCUT2D eigenvalue weighted by Gasteiger charge is -2.02. The molecule has 2 aromatic heterocycles. The Kier molecular flexibility index (Phi) is 4.86. The fourth-order valence-electron chi connectivity index (χ4n) is 1.28. The van der Waals surface area contributed by atoms with Crippen molar-refractivity contribution in [1.82, 2.24) is 10.3 Å². The third-order valence-electron chi connectivity index (χ3n) is 2.05. The number of hydrogen-bond donors (Lipinski definition) is 1. The zero-order chi connectivity index (χ0) is 11.1. The standard InChI is InChI=1S/C12H14N2S2/c1-2-6-14-12(5-1)16-9-7-13-10-11-4-3-8-15-11/h1-6,8,13H,7,9-10H2. The first kappa shape index (κ1) is 11.6. The van der Waals surface area contributed by atoms with Crippen LogP contribution in [-0.2, 0) is 6.54 Å². The Morgan fingerprint density at radius 1 is 1.25 bits per heavy atom. The normalized spacial score (nSPS) is 10.5. The van der Waals surface area contributed by atoms with E-state index >= 15 is 0 Å². The number of rotatable bonds is 6. The fraction of sp³-hybridized carbons (Fsp3) is 0.250. The second-order valence-corrected chi connectivity index (χ2v) is 5.42. The van der Waals surface area contributed by atoms with Gasteiger partial charge in [0, 0.05) is 29.9 Å². The molecule has 0 atom stereocenters. The van der Waals surface area contributed by atoms with E-state index in [1.807, 2.05) is 24.4 Å². The molecule has 0 amide bonds. The summed E-state index contributed by atoms with van der Waals surface area (Å²) in [5, 5.41) is 6.63. The van der Waals surface area contributed by atoms with E-state index in [1.54, 1.807) is 23.1 Å². The van der Waals surface area contributed by atoms with Crippen LogP contribution >= 0.6 is 23.1 Å². The van der Waals surface area contributed by atoms with Crippen LogP contribution in [0.5, 0.6) is 0 Å². The Hall–Kier alpha value is -0.840. The van der Waals surface area contributed by atoms with Gasteiger partial charge in [0.2, 0.25) is 0 Å². The first-order valence-electron chi connectivity index (χ1n) is 5.22. The Balaban J connectivity index is 1.59. The predicted molar refractivity (Wildman–Crippen MR) is 71.0 cm³/mol. The van der Waals surface area contributed by atoms with E-state index in [1.165, 1.54) is 4.88 Å². The van der Waals surface area contributed by atoms with Gasteiger partial charge < -0.3 is 5.32 Å². The van der Waals surface area contributed by atoms with Gasteiger partial charge in [-0.15, -0.1) is 23.1 Å². The van der Waals surface area contributed by atoms with E-state index in [0.717, 1.165) is 23.9 Å². The van der Waals surface area contributed by atoms with E-state index in [4.69, 9.17) is 0 Å². The minimum Gasteiger partial charge on any atom is -0.311 e. The van der Waals surface area contributed by atoms with Crippen LogP contribution in [0.15, 0.2) is 46.9 Å². The number of aromatic nitrogens is 1. The SMILES string of the molecule is c1ccc(SCCNCc2cccs2)nc1. The average molecular weight is 250 g/mol. The number of nitrogens with zero attached hydrogens (tertiary/aromatic N) is 1. The molecule has 0 spiro atoms. The smallest absolute Gasteiger partial charge is 0.0960 e. The lowest BCUT2D eigenvalue weighted by atomic mass is 10.4. The Morgan fingerprint density at radius 2 is 2.25 bits per heavy atom. The molecule has 2 heterocycles. The lowest BCUT2D eigenvalue weighted by Crippen LogP contribution is -2.15. The Labute approximate surface area is 104 Å². The van der Waals surface area contributed by atoms with Gasteiger partial charge in [-0.2, -0.15) is 0 Å². The predicted octanol–water partition coefficient (Wildman–Crippen LogP) is 3.03. The van der Waals surface area contributed by atoms with E-state index in [2.05, 4.69) is 27.8 Å². The molecular formula is C12H14N2S2. The van der Waals surface area contributed by atoms with Gasteiger partial charge in [0.1, 0.15) is 0 Å². The summed E-state index contributed by atoms with van der Waals surface area (Å²) in [6, 6.07) is 10.3. The van der Waals surface area contributed by atoms with Gasteiger partial charge in [0.15, 0.2) is 0 Å². The molecule has 0 aliphatic carbocycles. The molecule has 16 heavy (non-hydrogen) atoms. The van der Waals surface area contributed by atoms with Crippen LogP contribution in [0.4, 0.5) is 0 Å². The third-order valence-corrected chi connectivity index (χ3v) is 3.87. The molecule has 0 saturated carbocycles. The van der Waals surface area contributed by atoms with E-state index in [-0.39, 0.29) is 0 Å². The number of pyridine rings is 1. The van der Waals surface area contributed by atoms with Gasteiger partial charge in [-0.05, 0) is 23.6 Å².